The molecule has 1 saturated heterocycles. The van der Waals surface area contributed by atoms with Crippen molar-refractivity contribution in [1.29, 1.82) is 0 Å². The molecule has 1 aliphatic heterocycles. The number of hydrogen-bond donors (Lipinski definition) is 2. The lowest BCUT2D eigenvalue weighted by Crippen LogP contribution is -2.39. The zero-order chi connectivity index (χ0) is 16.0. The van der Waals surface area contributed by atoms with Gasteiger partial charge in [0.15, 0.2) is 0 Å². The molecule has 0 spiro atoms. The van der Waals surface area contributed by atoms with E-state index < -0.39 is 0 Å². The van der Waals surface area contributed by atoms with E-state index in [9.17, 15) is 14.4 Å². The van der Waals surface area contributed by atoms with Crippen LogP contribution in [-0.2, 0) is 14.4 Å². The third-order valence-corrected chi connectivity index (χ3v) is 4.92. The van der Waals surface area contributed by atoms with Crippen LogP contribution >= 0.6 is 12.4 Å². The smallest absolute Gasteiger partial charge is 0.229 e. The second-order valence-corrected chi connectivity index (χ2v) is 6.58. The van der Waals surface area contributed by atoms with Gasteiger partial charge in [-0.15, -0.1) is 12.4 Å². The third kappa shape index (κ3) is 5.46. The van der Waals surface area contributed by atoms with Crippen molar-refractivity contribution in [2.75, 3.05) is 19.6 Å². The lowest BCUT2D eigenvalue weighted by molar-refractivity contribution is -0.138. The molecule has 0 atom stereocenters. The summed E-state index contributed by atoms with van der Waals surface area (Å²) in [4.78, 5) is 36.3. The van der Waals surface area contributed by atoms with E-state index in [1.165, 1.54) is 11.3 Å². The van der Waals surface area contributed by atoms with Gasteiger partial charge in [0, 0.05) is 32.4 Å². The molecular weight excluding hydrogens is 318 g/mol. The maximum absolute atomic E-state index is 12.1. The molecule has 7 heteroatoms. The predicted molar refractivity (Wildman–Crippen MR) is 90.0 cm³/mol. The van der Waals surface area contributed by atoms with E-state index in [0.717, 1.165) is 25.7 Å². The second kappa shape index (κ2) is 9.23. The van der Waals surface area contributed by atoms with Crippen molar-refractivity contribution in [3.63, 3.8) is 0 Å². The molecule has 1 heterocycles. The van der Waals surface area contributed by atoms with E-state index in [1.807, 2.05) is 0 Å². The summed E-state index contributed by atoms with van der Waals surface area (Å²) in [6, 6.07) is 0. The Labute approximate surface area is 143 Å². The first kappa shape index (κ1) is 19.9. The fourth-order valence-corrected chi connectivity index (χ4v) is 3.50. The number of rotatable bonds is 7. The molecule has 0 aromatic heterocycles. The number of nitrogens with two attached hydrogens (primary N) is 1. The quantitative estimate of drug-likeness (QED) is 0.538. The average molecular weight is 346 g/mol. The van der Waals surface area contributed by atoms with E-state index in [2.05, 4.69) is 5.32 Å². The summed E-state index contributed by atoms with van der Waals surface area (Å²) in [6.45, 7) is 1.47. The zero-order valence-electron chi connectivity index (χ0n) is 13.6. The topological polar surface area (TPSA) is 92.5 Å². The maximum atomic E-state index is 12.1. The number of halogens is 1. The molecule has 2 rings (SSSR count). The Hall–Kier alpha value is -1.14. The highest BCUT2D eigenvalue weighted by Gasteiger charge is 2.33. The lowest BCUT2D eigenvalue weighted by atomic mass is 9.71. The summed E-state index contributed by atoms with van der Waals surface area (Å²) in [5, 5.41) is 2.90. The van der Waals surface area contributed by atoms with Crippen LogP contribution in [-0.4, -0.2) is 42.3 Å². The number of hydrogen-bond acceptors (Lipinski definition) is 4. The van der Waals surface area contributed by atoms with Gasteiger partial charge >= 0.3 is 0 Å². The highest BCUT2D eigenvalue weighted by Crippen LogP contribution is 2.38. The summed E-state index contributed by atoms with van der Waals surface area (Å²) in [7, 11) is 0. The molecule has 3 amide bonds. The van der Waals surface area contributed by atoms with Crippen LogP contribution < -0.4 is 11.1 Å². The predicted octanol–water partition coefficient (Wildman–Crippen LogP) is 1.36. The SMILES string of the molecule is Cl.NCC1(CC(=O)NCCCN2C(=O)CCC2=O)CCCCC1. The van der Waals surface area contributed by atoms with Crippen molar-refractivity contribution in [1.82, 2.24) is 10.2 Å². The van der Waals surface area contributed by atoms with Crippen LogP contribution in [0.2, 0.25) is 0 Å². The Balaban J connectivity index is 0.00000264. The monoisotopic (exact) mass is 345 g/mol. The summed E-state index contributed by atoms with van der Waals surface area (Å²) in [5.74, 6) is -0.160. The highest BCUT2D eigenvalue weighted by molar-refractivity contribution is 6.01. The molecule has 23 heavy (non-hydrogen) atoms. The van der Waals surface area contributed by atoms with E-state index in [-0.39, 0.29) is 35.5 Å². The molecule has 0 aromatic rings. The van der Waals surface area contributed by atoms with Crippen LogP contribution in [0.3, 0.4) is 0 Å². The third-order valence-electron chi connectivity index (χ3n) is 4.92. The van der Waals surface area contributed by atoms with Gasteiger partial charge in [-0.3, -0.25) is 19.3 Å². The lowest BCUT2D eigenvalue weighted by Gasteiger charge is -2.35. The zero-order valence-corrected chi connectivity index (χ0v) is 14.5. The summed E-state index contributed by atoms with van der Waals surface area (Å²) < 4.78 is 0. The van der Waals surface area contributed by atoms with Gasteiger partial charge in [-0.1, -0.05) is 19.3 Å². The van der Waals surface area contributed by atoms with Crippen molar-refractivity contribution in [3.8, 4) is 0 Å². The molecule has 0 unspecified atom stereocenters. The van der Waals surface area contributed by atoms with Crippen LogP contribution in [0, 0.1) is 5.41 Å². The minimum absolute atomic E-state index is 0. The number of imide groups is 1. The molecular formula is C16H28ClN3O3. The molecule has 132 valence electrons. The van der Waals surface area contributed by atoms with Gasteiger partial charge < -0.3 is 11.1 Å². The Morgan fingerprint density at radius 3 is 2.30 bits per heavy atom. The fourth-order valence-electron chi connectivity index (χ4n) is 3.50. The van der Waals surface area contributed by atoms with Crippen LogP contribution in [0.25, 0.3) is 0 Å². The summed E-state index contributed by atoms with van der Waals surface area (Å²) in [5.41, 5.74) is 5.87. The second-order valence-electron chi connectivity index (χ2n) is 6.58. The van der Waals surface area contributed by atoms with Crippen molar-refractivity contribution >= 4 is 30.1 Å². The normalized spacial score (nSPS) is 20.3. The Morgan fingerprint density at radius 1 is 1.13 bits per heavy atom. The molecule has 0 aromatic carbocycles. The van der Waals surface area contributed by atoms with Crippen LogP contribution in [0.5, 0.6) is 0 Å². The van der Waals surface area contributed by atoms with E-state index in [1.54, 1.807) is 0 Å². The van der Waals surface area contributed by atoms with Crippen LogP contribution in [0.4, 0.5) is 0 Å². The molecule has 2 fully saturated rings. The molecule has 6 nitrogen and oxygen atoms in total. The van der Waals surface area contributed by atoms with E-state index >= 15 is 0 Å². The summed E-state index contributed by atoms with van der Waals surface area (Å²) in [6.07, 6.45) is 7.37. The number of carbonyl (C=O) groups excluding carboxylic acids is 3. The minimum Gasteiger partial charge on any atom is -0.356 e. The molecule has 1 saturated carbocycles. The van der Waals surface area contributed by atoms with Crippen molar-refractivity contribution in [2.45, 2.75) is 57.8 Å². The number of carbonyl (C=O) groups is 3. The van der Waals surface area contributed by atoms with E-state index in [4.69, 9.17) is 5.73 Å². The number of likely N-dealkylation sites (tertiary alicyclic amines) is 1. The Morgan fingerprint density at radius 2 is 1.74 bits per heavy atom. The maximum Gasteiger partial charge on any atom is 0.229 e. The van der Waals surface area contributed by atoms with Crippen molar-refractivity contribution in [3.05, 3.63) is 0 Å². The molecule has 0 bridgehead atoms. The Bertz CT molecular complexity index is 420. The first-order valence-corrected chi connectivity index (χ1v) is 8.36. The standard InChI is InChI=1S/C16H27N3O3.ClH/c17-12-16(7-2-1-3-8-16)11-13(20)18-9-4-10-19-14(21)5-6-15(19)22;/h1-12,17H2,(H,18,20);1H. The van der Waals surface area contributed by atoms with Gasteiger partial charge in [-0.05, 0) is 31.2 Å². The van der Waals surface area contributed by atoms with E-state index in [0.29, 0.717) is 45.3 Å². The number of nitrogens with one attached hydrogen (secondary N) is 1. The first-order chi connectivity index (χ1) is 10.6. The minimum atomic E-state index is -0.0967. The molecule has 2 aliphatic rings. The van der Waals surface area contributed by atoms with Gasteiger partial charge in [0.1, 0.15) is 0 Å². The molecule has 3 N–H and O–H groups in total. The largest absolute Gasteiger partial charge is 0.356 e. The van der Waals surface area contributed by atoms with Crippen LogP contribution in [0.1, 0.15) is 57.8 Å². The van der Waals surface area contributed by atoms with Gasteiger partial charge in [0.2, 0.25) is 17.7 Å². The van der Waals surface area contributed by atoms with Crippen molar-refractivity contribution < 1.29 is 14.4 Å². The average Bonchev–Trinajstić information content (AvgIpc) is 2.84. The molecule has 0 radical (unpaired) electrons. The van der Waals surface area contributed by atoms with Gasteiger partial charge in [-0.2, -0.15) is 0 Å². The van der Waals surface area contributed by atoms with Crippen LogP contribution in [0.15, 0.2) is 0 Å². The fraction of sp³-hybridized carbons (Fsp3) is 0.812. The Kier molecular flexibility index (Phi) is 7.99. The number of nitrogens with zero attached hydrogens (tertiary/aromatic N) is 1. The van der Waals surface area contributed by atoms with Gasteiger partial charge in [0.25, 0.3) is 0 Å². The number of amides is 3. The highest BCUT2D eigenvalue weighted by atomic mass is 35.5. The summed E-state index contributed by atoms with van der Waals surface area (Å²) >= 11 is 0. The van der Waals surface area contributed by atoms with Crippen molar-refractivity contribution in [2.24, 2.45) is 11.1 Å². The molecule has 1 aliphatic carbocycles. The first-order valence-electron chi connectivity index (χ1n) is 8.36. The van der Waals surface area contributed by atoms with Gasteiger partial charge in [-0.25, -0.2) is 0 Å². The van der Waals surface area contributed by atoms with Gasteiger partial charge in [0.05, 0.1) is 0 Å².